The molecule has 2 amide bonds. The van der Waals surface area contributed by atoms with Crippen LogP contribution in [0, 0.1) is 0 Å². The summed E-state index contributed by atoms with van der Waals surface area (Å²) >= 11 is 3.85. The van der Waals surface area contributed by atoms with E-state index >= 15 is 0 Å². The summed E-state index contributed by atoms with van der Waals surface area (Å²) in [4.78, 5) is 48.8. The Bertz CT molecular complexity index is 1020. The number of carboxylic acids is 1. The minimum Gasteiger partial charge on any atom is -0.477 e. The van der Waals surface area contributed by atoms with Gasteiger partial charge in [0.2, 0.25) is 0 Å². The molecule has 1 saturated heterocycles. The van der Waals surface area contributed by atoms with Crippen LogP contribution >= 0.6 is 27.7 Å². The average molecular weight is 527 g/mol. The summed E-state index contributed by atoms with van der Waals surface area (Å²) in [6.45, 7) is 0.848. The third-order valence-electron chi connectivity index (χ3n) is 4.46. The van der Waals surface area contributed by atoms with Gasteiger partial charge in [0.05, 0.1) is 4.47 Å². The number of carboxylic acid groups (broad SMARTS) is 1. The molecular formula is C16H14BrF3N4O6S. The molecule has 31 heavy (non-hydrogen) atoms. The van der Waals surface area contributed by atoms with Gasteiger partial charge >= 0.3 is 18.1 Å². The first-order valence-corrected chi connectivity index (χ1v) is 10.3. The molecule has 0 aromatic carbocycles. The number of amides is 2. The lowest BCUT2D eigenvalue weighted by atomic mass is 10.0. The number of aliphatic carboxylic acids is 1. The molecule has 2 aliphatic rings. The van der Waals surface area contributed by atoms with Crippen molar-refractivity contribution in [2.75, 3.05) is 12.4 Å². The first-order chi connectivity index (χ1) is 14.3. The molecule has 3 heterocycles. The van der Waals surface area contributed by atoms with Crippen LogP contribution < -0.4 is 5.32 Å². The predicted molar refractivity (Wildman–Crippen MR) is 102 cm³/mol. The highest BCUT2D eigenvalue weighted by Crippen LogP contribution is 2.41. The topological polar surface area (TPSA) is 131 Å². The van der Waals surface area contributed by atoms with Gasteiger partial charge in [-0.25, -0.2) is 4.79 Å². The van der Waals surface area contributed by atoms with Gasteiger partial charge in [0, 0.05) is 25.3 Å². The van der Waals surface area contributed by atoms with Crippen molar-refractivity contribution >= 4 is 51.4 Å². The zero-order chi connectivity index (χ0) is 23.2. The number of alkyl halides is 3. The molecule has 10 nitrogen and oxygen atoms in total. The normalized spacial score (nSPS) is 20.8. The standard InChI is InChI=1S/C16H14BrF3N4O6S/c1-5(25)30-3-6-4-31-14-8(13(27)24(14)9(6)15(28)29)21-12(26)10-7(17)11(16(18,19)20)22-23(10)2/h8,14H,3-4H2,1-2H3,(H,21,26)(H,28,29). The van der Waals surface area contributed by atoms with Gasteiger partial charge in [-0.2, -0.15) is 18.3 Å². The van der Waals surface area contributed by atoms with Crippen LogP contribution in [0.5, 0.6) is 0 Å². The molecular weight excluding hydrogens is 513 g/mol. The minimum absolute atomic E-state index is 0.114. The fourth-order valence-corrected chi connectivity index (χ4v) is 5.19. The van der Waals surface area contributed by atoms with Crippen LogP contribution in [0.15, 0.2) is 15.7 Å². The molecule has 2 unspecified atom stereocenters. The molecule has 0 radical (unpaired) electrons. The Kier molecular flexibility index (Phi) is 6.10. The number of esters is 1. The Morgan fingerprint density at radius 1 is 1.39 bits per heavy atom. The van der Waals surface area contributed by atoms with Crippen molar-refractivity contribution in [1.29, 1.82) is 0 Å². The number of rotatable bonds is 5. The maximum atomic E-state index is 13.0. The van der Waals surface area contributed by atoms with Crippen molar-refractivity contribution in [2.24, 2.45) is 7.05 Å². The van der Waals surface area contributed by atoms with Crippen LogP contribution in [0.25, 0.3) is 0 Å². The second kappa shape index (κ2) is 8.18. The number of nitrogens with zero attached hydrogens (tertiary/aromatic N) is 3. The average Bonchev–Trinajstić information content (AvgIpc) is 2.97. The van der Waals surface area contributed by atoms with Gasteiger partial charge < -0.3 is 15.2 Å². The maximum absolute atomic E-state index is 13.0. The number of aromatic nitrogens is 2. The van der Waals surface area contributed by atoms with Gasteiger partial charge in [-0.05, 0) is 15.9 Å². The van der Waals surface area contributed by atoms with Gasteiger partial charge in [-0.15, -0.1) is 11.8 Å². The SMILES string of the molecule is CC(=O)OCC1=C(C(=O)O)N2C(=O)C(NC(=O)c3c(Br)c(C(F)(F)F)nn3C)C2SC1. The number of carbonyl (C=O) groups is 4. The highest BCUT2D eigenvalue weighted by molar-refractivity contribution is 9.10. The second-order valence-corrected chi connectivity index (χ2v) is 8.43. The first-order valence-electron chi connectivity index (χ1n) is 8.48. The monoisotopic (exact) mass is 526 g/mol. The number of fused-ring (bicyclic) bond motifs is 1. The number of nitrogens with one attached hydrogen (secondary N) is 1. The highest BCUT2D eigenvalue weighted by atomic mass is 79.9. The van der Waals surface area contributed by atoms with E-state index in [1.54, 1.807) is 0 Å². The molecule has 1 fully saturated rings. The number of thioether (sulfide) groups is 1. The van der Waals surface area contributed by atoms with Crippen LogP contribution in [-0.4, -0.2) is 67.3 Å². The fourth-order valence-electron chi connectivity index (χ4n) is 3.12. The van der Waals surface area contributed by atoms with Crippen molar-refractivity contribution in [3.8, 4) is 0 Å². The van der Waals surface area contributed by atoms with Crippen molar-refractivity contribution in [2.45, 2.75) is 24.5 Å². The number of hydrogen-bond donors (Lipinski definition) is 2. The summed E-state index contributed by atoms with van der Waals surface area (Å²) in [6, 6.07) is -1.15. The van der Waals surface area contributed by atoms with E-state index in [1.807, 2.05) is 0 Å². The predicted octanol–water partition coefficient (Wildman–Crippen LogP) is 1.12. The molecule has 2 aliphatic heterocycles. The Morgan fingerprint density at radius 2 is 2.03 bits per heavy atom. The minimum atomic E-state index is -4.79. The molecule has 0 bridgehead atoms. The smallest absolute Gasteiger partial charge is 0.436 e. The maximum Gasteiger partial charge on any atom is 0.436 e. The summed E-state index contributed by atoms with van der Waals surface area (Å²) in [5, 5.41) is 14.4. The Balaban J connectivity index is 1.81. The van der Waals surface area contributed by atoms with E-state index in [9.17, 15) is 37.5 Å². The lowest BCUT2D eigenvalue weighted by Gasteiger charge is -2.49. The Labute approximate surface area is 184 Å². The molecule has 3 rings (SSSR count). The van der Waals surface area contributed by atoms with E-state index in [0.29, 0.717) is 0 Å². The van der Waals surface area contributed by atoms with E-state index < -0.39 is 57.2 Å². The number of aryl methyl sites for hydroxylation is 1. The molecule has 2 N–H and O–H groups in total. The van der Waals surface area contributed by atoms with E-state index in [2.05, 4.69) is 26.3 Å². The first kappa shape index (κ1) is 23.1. The van der Waals surface area contributed by atoms with Crippen LogP contribution in [0.3, 0.4) is 0 Å². The number of carbonyl (C=O) groups excluding carboxylic acids is 3. The van der Waals surface area contributed by atoms with Gasteiger partial charge in [0.1, 0.15) is 29.4 Å². The lowest BCUT2D eigenvalue weighted by Crippen LogP contribution is -2.70. The van der Waals surface area contributed by atoms with Crippen molar-refractivity contribution < 1.29 is 42.2 Å². The number of β-lactam (4-membered cyclic amide) rings is 1. The van der Waals surface area contributed by atoms with Crippen LogP contribution in [0.2, 0.25) is 0 Å². The summed E-state index contributed by atoms with van der Waals surface area (Å²) in [7, 11) is 1.14. The molecule has 0 spiro atoms. The van der Waals surface area contributed by atoms with Crippen LogP contribution in [0.4, 0.5) is 13.2 Å². The third kappa shape index (κ3) is 4.15. The molecule has 0 saturated carbocycles. The largest absolute Gasteiger partial charge is 0.477 e. The second-order valence-electron chi connectivity index (χ2n) is 6.53. The van der Waals surface area contributed by atoms with Gasteiger partial charge in [-0.1, -0.05) is 0 Å². The molecule has 15 heteroatoms. The van der Waals surface area contributed by atoms with Crippen LogP contribution in [0.1, 0.15) is 23.1 Å². The molecule has 1 aromatic heterocycles. The quantitative estimate of drug-likeness (QED) is 0.431. The zero-order valence-corrected chi connectivity index (χ0v) is 18.2. The summed E-state index contributed by atoms with van der Waals surface area (Å²) in [5.74, 6) is -3.65. The molecule has 168 valence electrons. The summed E-state index contributed by atoms with van der Waals surface area (Å²) < 4.78 is 44.0. The van der Waals surface area contributed by atoms with Gasteiger partial charge in [0.25, 0.3) is 11.8 Å². The molecule has 2 atom stereocenters. The lowest BCUT2D eigenvalue weighted by molar-refractivity contribution is -0.149. The summed E-state index contributed by atoms with van der Waals surface area (Å²) in [5.41, 5.74) is -1.86. The number of halogens is 4. The highest BCUT2D eigenvalue weighted by Gasteiger charge is 2.54. The van der Waals surface area contributed by atoms with Crippen molar-refractivity contribution in [3.05, 3.63) is 27.1 Å². The Hall–Kier alpha value is -2.55. The fraction of sp³-hybridized carbons (Fsp3) is 0.438. The zero-order valence-electron chi connectivity index (χ0n) is 15.8. The van der Waals surface area contributed by atoms with Crippen molar-refractivity contribution in [1.82, 2.24) is 20.0 Å². The summed E-state index contributed by atoms with van der Waals surface area (Å²) in [6.07, 6.45) is -4.79. The van der Waals surface area contributed by atoms with E-state index in [-0.39, 0.29) is 23.6 Å². The van der Waals surface area contributed by atoms with E-state index in [4.69, 9.17) is 4.74 Å². The molecule has 0 aliphatic carbocycles. The van der Waals surface area contributed by atoms with E-state index in [1.165, 1.54) is 0 Å². The molecule has 1 aromatic rings. The van der Waals surface area contributed by atoms with Crippen molar-refractivity contribution in [3.63, 3.8) is 0 Å². The van der Waals surface area contributed by atoms with Crippen LogP contribution in [-0.2, 0) is 32.3 Å². The van der Waals surface area contributed by atoms with Gasteiger partial charge in [0.15, 0.2) is 5.69 Å². The number of hydrogen-bond acceptors (Lipinski definition) is 7. The third-order valence-corrected chi connectivity index (χ3v) is 6.55. The van der Waals surface area contributed by atoms with Gasteiger partial charge in [-0.3, -0.25) is 24.0 Å². The number of ether oxygens (including phenoxy) is 1. The van der Waals surface area contributed by atoms with E-state index in [0.717, 1.165) is 35.3 Å². The Morgan fingerprint density at radius 3 is 2.55 bits per heavy atom.